The van der Waals surface area contributed by atoms with Crippen LogP contribution in [0, 0.1) is 0 Å². The van der Waals surface area contributed by atoms with Crippen molar-refractivity contribution in [3.05, 3.63) is 34.3 Å². The Kier molecular flexibility index (Phi) is 4.82. The van der Waals surface area contributed by atoms with Crippen LogP contribution in [0.25, 0.3) is 11.7 Å². The van der Waals surface area contributed by atoms with Crippen molar-refractivity contribution in [2.24, 2.45) is 0 Å². The van der Waals surface area contributed by atoms with Gasteiger partial charge in [0, 0.05) is 24.7 Å². The maximum absolute atomic E-state index is 12.8. The molecule has 0 bridgehead atoms. The summed E-state index contributed by atoms with van der Waals surface area (Å²) >= 11 is 1.50. The van der Waals surface area contributed by atoms with Crippen molar-refractivity contribution in [3.8, 4) is 0 Å². The van der Waals surface area contributed by atoms with E-state index in [2.05, 4.69) is 21.0 Å². The highest BCUT2D eigenvalue weighted by molar-refractivity contribution is 8.04. The highest BCUT2D eigenvalue weighted by Gasteiger charge is 2.32. The number of likely N-dealkylation sites (tertiary alicyclic amines) is 1. The number of thioether (sulfide) groups is 1. The molecule has 2 aromatic rings. The molecule has 2 aromatic heterocycles. The van der Waals surface area contributed by atoms with E-state index < -0.39 is 11.9 Å². The fraction of sp³-hybridized carbons (Fsp3) is 0.429. The minimum Gasteiger partial charge on any atom is -0.351 e. The van der Waals surface area contributed by atoms with Gasteiger partial charge in [0.25, 0.3) is 11.8 Å². The molecule has 12 heteroatoms. The predicted octanol–water partition coefficient (Wildman–Crippen LogP) is 1.56. The minimum absolute atomic E-state index is 0.0822. The summed E-state index contributed by atoms with van der Waals surface area (Å²) in [7, 11) is 0. The van der Waals surface area contributed by atoms with E-state index in [1.54, 1.807) is 16.8 Å². The lowest BCUT2D eigenvalue weighted by Gasteiger charge is -2.16. The van der Waals surface area contributed by atoms with Gasteiger partial charge in [0.1, 0.15) is 11.5 Å². The van der Waals surface area contributed by atoms with Crippen molar-refractivity contribution in [2.75, 3.05) is 18.4 Å². The second-order valence-corrected chi connectivity index (χ2v) is 9.78. The van der Waals surface area contributed by atoms with Crippen molar-refractivity contribution >= 4 is 47.3 Å². The van der Waals surface area contributed by atoms with Gasteiger partial charge in [0.15, 0.2) is 5.65 Å². The molecular formula is C21H22N8O3S. The monoisotopic (exact) mass is 466 g/mol. The maximum atomic E-state index is 12.8. The van der Waals surface area contributed by atoms with Crippen LogP contribution in [0.1, 0.15) is 48.7 Å². The van der Waals surface area contributed by atoms with Crippen molar-refractivity contribution in [1.82, 2.24) is 35.1 Å². The molecule has 11 nitrogen and oxygen atoms in total. The SMILES string of the molecule is O=C1NC(=O)/C(=C/c2cnn3c(NC4CC4)nc(C4CC=C(C(=O)N5CCCC5)S4)nc23)N1. The number of carbonyl (C=O) groups is 3. The van der Waals surface area contributed by atoms with Crippen LogP contribution in [0.4, 0.5) is 10.7 Å². The van der Waals surface area contributed by atoms with Crippen LogP contribution in [-0.4, -0.2) is 61.5 Å². The summed E-state index contributed by atoms with van der Waals surface area (Å²) in [6.45, 7) is 1.63. The first-order valence-corrected chi connectivity index (χ1v) is 12.0. The molecule has 1 atom stereocenters. The van der Waals surface area contributed by atoms with E-state index in [9.17, 15) is 14.4 Å². The van der Waals surface area contributed by atoms with E-state index in [0.717, 1.165) is 43.7 Å². The maximum Gasteiger partial charge on any atom is 0.326 e. The van der Waals surface area contributed by atoms with Gasteiger partial charge in [-0.2, -0.15) is 14.6 Å². The summed E-state index contributed by atoms with van der Waals surface area (Å²) in [5, 5.41) is 12.4. The Bertz CT molecular complexity index is 1240. The normalized spacial score (nSPS) is 23.9. The van der Waals surface area contributed by atoms with E-state index in [1.807, 2.05) is 11.0 Å². The number of carbonyl (C=O) groups excluding carboxylic acids is 3. The fourth-order valence-electron chi connectivity index (χ4n) is 4.13. The first kappa shape index (κ1) is 20.2. The summed E-state index contributed by atoms with van der Waals surface area (Å²) in [5.74, 6) is 0.791. The molecular weight excluding hydrogens is 444 g/mol. The van der Waals surface area contributed by atoms with Crippen molar-refractivity contribution in [2.45, 2.75) is 43.4 Å². The number of urea groups is 1. The Morgan fingerprint density at radius 1 is 1.18 bits per heavy atom. The van der Waals surface area contributed by atoms with Gasteiger partial charge in [-0.05, 0) is 38.2 Å². The van der Waals surface area contributed by atoms with E-state index in [0.29, 0.717) is 35.4 Å². The number of fused-ring (bicyclic) bond motifs is 1. The number of allylic oxidation sites excluding steroid dienone is 1. The van der Waals surface area contributed by atoms with E-state index in [1.165, 1.54) is 11.8 Å². The van der Waals surface area contributed by atoms with Crippen LogP contribution >= 0.6 is 11.8 Å². The second kappa shape index (κ2) is 7.87. The topological polar surface area (TPSA) is 134 Å². The Hall–Kier alpha value is -3.41. The van der Waals surface area contributed by atoms with Crippen LogP contribution in [0.3, 0.4) is 0 Å². The smallest absolute Gasteiger partial charge is 0.326 e. The van der Waals surface area contributed by atoms with Gasteiger partial charge in [-0.15, -0.1) is 11.8 Å². The van der Waals surface area contributed by atoms with Gasteiger partial charge in [0.05, 0.1) is 16.4 Å². The largest absolute Gasteiger partial charge is 0.351 e. The molecule has 170 valence electrons. The zero-order valence-corrected chi connectivity index (χ0v) is 18.5. The minimum atomic E-state index is -0.558. The standard InChI is InChI=1S/C21H22N8O3S/c30-18-13(24-21(32)27-18)9-11-10-22-29-17(11)25-16(26-20(29)23-12-3-4-12)14-5-6-15(33-14)19(31)28-7-1-2-8-28/h6,9-10,12,14H,1-5,7-8H2,(H,23,25,26)(H2,24,27,30,32)/b13-9-. The summed E-state index contributed by atoms with van der Waals surface area (Å²) in [4.78, 5) is 48.4. The van der Waals surface area contributed by atoms with Gasteiger partial charge in [-0.1, -0.05) is 6.08 Å². The highest BCUT2D eigenvalue weighted by atomic mass is 32.2. The number of hydrogen-bond acceptors (Lipinski definition) is 8. The van der Waals surface area contributed by atoms with Gasteiger partial charge in [0.2, 0.25) is 5.95 Å². The number of nitrogens with one attached hydrogen (secondary N) is 3. The summed E-state index contributed by atoms with van der Waals surface area (Å²) < 4.78 is 1.62. The van der Waals surface area contributed by atoms with Gasteiger partial charge in [-0.25, -0.2) is 9.78 Å². The molecule has 4 aliphatic rings. The van der Waals surface area contributed by atoms with Crippen LogP contribution in [-0.2, 0) is 9.59 Å². The molecule has 3 fully saturated rings. The van der Waals surface area contributed by atoms with E-state index in [4.69, 9.17) is 9.97 Å². The van der Waals surface area contributed by atoms with Gasteiger partial charge in [-0.3, -0.25) is 14.9 Å². The molecule has 0 spiro atoms. The highest BCUT2D eigenvalue weighted by Crippen LogP contribution is 2.44. The van der Waals surface area contributed by atoms with Crippen molar-refractivity contribution in [1.29, 1.82) is 0 Å². The zero-order valence-electron chi connectivity index (χ0n) is 17.7. The first-order chi connectivity index (χ1) is 16.0. The summed E-state index contributed by atoms with van der Waals surface area (Å²) in [6, 6.07) is -0.207. The van der Waals surface area contributed by atoms with Crippen LogP contribution < -0.4 is 16.0 Å². The molecule has 1 aliphatic carbocycles. The van der Waals surface area contributed by atoms with Gasteiger partial charge >= 0.3 is 6.03 Å². The van der Waals surface area contributed by atoms with Gasteiger partial charge < -0.3 is 15.5 Å². The molecule has 33 heavy (non-hydrogen) atoms. The summed E-state index contributed by atoms with van der Waals surface area (Å²) in [6.07, 6.45) is 10.1. The Morgan fingerprint density at radius 2 is 2.00 bits per heavy atom. The van der Waals surface area contributed by atoms with Crippen LogP contribution in [0.5, 0.6) is 0 Å². The molecule has 2 saturated heterocycles. The van der Waals surface area contributed by atoms with Crippen LogP contribution in [0.2, 0.25) is 0 Å². The molecule has 6 rings (SSSR count). The zero-order chi connectivity index (χ0) is 22.5. The Labute approximate surface area is 193 Å². The number of aromatic nitrogens is 4. The van der Waals surface area contributed by atoms with Crippen LogP contribution in [0.15, 0.2) is 22.9 Å². The lowest BCUT2D eigenvalue weighted by atomic mass is 10.2. The Morgan fingerprint density at radius 3 is 2.73 bits per heavy atom. The molecule has 4 amide bonds. The lowest BCUT2D eigenvalue weighted by molar-refractivity contribution is -0.125. The number of amides is 4. The first-order valence-electron chi connectivity index (χ1n) is 11.1. The molecule has 1 unspecified atom stereocenters. The third kappa shape index (κ3) is 3.84. The Balaban J connectivity index is 1.32. The molecule has 0 radical (unpaired) electrons. The molecule has 3 N–H and O–H groups in total. The fourth-order valence-corrected chi connectivity index (χ4v) is 5.27. The average Bonchev–Trinajstić information content (AvgIpc) is 3.25. The van der Waals surface area contributed by atoms with Crippen molar-refractivity contribution < 1.29 is 14.4 Å². The molecule has 3 aliphatic heterocycles. The lowest BCUT2D eigenvalue weighted by Crippen LogP contribution is -2.27. The number of hydrogen-bond donors (Lipinski definition) is 3. The van der Waals surface area contributed by atoms with E-state index >= 15 is 0 Å². The second-order valence-electron chi connectivity index (χ2n) is 8.54. The number of imide groups is 1. The third-order valence-electron chi connectivity index (χ3n) is 6.02. The summed E-state index contributed by atoms with van der Waals surface area (Å²) in [5.41, 5.74) is 1.26. The van der Waals surface area contributed by atoms with Crippen molar-refractivity contribution in [3.63, 3.8) is 0 Å². The number of nitrogens with zero attached hydrogens (tertiary/aromatic N) is 5. The molecule has 1 saturated carbocycles. The molecule has 0 aromatic carbocycles. The average molecular weight is 467 g/mol. The third-order valence-corrected chi connectivity index (χ3v) is 7.30. The number of anilines is 1. The quantitative estimate of drug-likeness (QED) is 0.447. The number of rotatable bonds is 5. The predicted molar refractivity (Wildman–Crippen MR) is 121 cm³/mol. The van der Waals surface area contributed by atoms with E-state index in [-0.39, 0.29) is 16.9 Å². The molecule has 5 heterocycles.